The fourth-order valence-electron chi connectivity index (χ4n) is 4.03. The van der Waals surface area contributed by atoms with Crippen molar-refractivity contribution in [3.8, 4) is 0 Å². The Bertz CT molecular complexity index is 1100. The molecule has 1 nitrogen and oxygen atoms in total. The normalized spacial score (nSPS) is 15.6. The van der Waals surface area contributed by atoms with Crippen LogP contribution in [0.25, 0.3) is 0 Å². The van der Waals surface area contributed by atoms with E-state index in [2.05, 4.69) is 4.98 Å². The van der Waals surface area contributed by atoms with E-state index in [9.17, 15) is 57.1 Å². The Balaban J connectivity index is 2.00. The van der Waals surface area contributed by atoms with Crippen LogP contribution in [0.3, 0.4) is 0 Å². The fraction of sp³-hybridized carbons (Fsp3) is 0.577. The zero-order valence-corrected chi connectivity index (χ0v) is 22.4. The molecule has 0 spiro atoms. The molecule has 0 amide bonds. The lowest BCUT2D eigenvalue weighted by Crippen LogP contribution is -2.70. The largest absolute Gasteiger partial charge is 0.460 e. The van der Waals surface area contributed by atoms with Gasteiger partial charge in [0.1, 0.15) is 0 Å². The van der Waals surface area contributed by atoms with Crippen molar-refractivity contribution in [2.75, 3.05) is 5.75 Å². The molecule has 232 valence electrons. The van der Waals surface area contributed by atoms with E-state index in [-0.39, 0.29) is 17.6 Å². The highest BCUT2D eigenvalue weighted by molar-refractivity contribution is 7.98. The van der Waals surface area contributed by atoms with Crippen LogP contribution in [0.2, 0.25) is 0 Å². The number of pyridine rings is 1. The third-order valence-electron chi connectivity index (χ3n) is 6.68. The molecule has 2 atom stereocenters. The van der Waals surface area contributed by atoms with Crippen LogP contribution < -0.4 is 0 Å². The number of rotatable bonds is 14. The van der Waals surface area contributed by atoms with Crippen LogP contribution in [0.1, 0.15) is 61.6 Å². The number of benzene rings is 1. The summed E-state index contributed by atoms with van der Waals surface area (Å²) in [5, 5.41) is 0. The maximum Gasteiger partial charge on any atom is 0.460 e. The quantitative estimate of drug-likeness (QED) is 0.152. The monoisotopic (exact) mass is 631 g/mol. The van der Waals surface area contributed by atoms with Crippen LogP contribution in [0.15, 0.2) is 48.8 Å². The summed E-state index contributed by atoms with van der Waals surface area (Å²) in [5.74, 6) is -37.3. The van der Waals surface area contributed by atoms with Gasteiger partial charge in [0.2, 0.25) is 0 Å². The van der Waals surface area contributed by atoms with E-state index in [4.69, 9.17) is 0 Å². The lowest BCUT2D eigenvalue weighted by molar-refractivity contribution is -0.439. The van der Waals surface area contributed by atoms with Gasteiger partial charge in [-0.25, -0.2) is 0 Å². The Morgan fingerprint density at radius 2 is 1.20 bits per heavy atom. The Morgan fingerprint density at radius 3 is 1.68 bits per heavy atom. The molecule has 0 saturated carbocycles. The summed E-state index contributed by atoms with van der Waals surface area (Å²) in [6, 6.07) is 10.6. The molecular weight excluding hydrogens is 605 g/mol. The van der Waals surface area contributed by atoms with Crippen molar-refractivity contribution >= 4 is 11.8 Å². The molecule has 41 heavy (non-hydrogen) atoms. The van der Waals surface area contributed by atoms with Gasteiger partial charge in [0.15, 0.2) is 0 Å². The minimum atomic E-state index is -7.87. The zero-order chi connectivity index (χ0) is 31.5. The third kappa shape index (κ3) is 7.07. The number of hydrogen-bond donors (Lipinski definition) is 0. The number of nitrogens with zero attached hydrogens (tertiary/aromatic N) is 1. The lowest BCUT2D eigenvalue weighted by atomic mass is 9.85. The molecule has 0 bridgehead atoms. The van der Waals surface area contributed by atoms with Crippen LogP contribution in [-0.4, -0.2) is 46.5 Å². The second kappa shape index (κ2) is 12.6. The van der Waals surface area contributed by atoms with E-state index >= 15 is 0 Å². The lowest BCUT2D eigenvalue weighted by Gasteiger charge is -2.39. The topological polar surface area (TPSA) is 12.9 Å². The second-order valence-electron chi connectivity index (χ2n) is 9.57. The molecule has 15 heteroatoms. The first kappa shape index (κ1) is 35.0. The van der Waals surface area contributed by atoms with Gasteiger partial charge in [-0.3, -0.25) is 4.98 Å². The van der Waals surface area contributed by atoms with Gasteiger partial charge in [-0.15, -0.1) is 0 Å². The molecule has 0 saturated heterocycles. The van der Waals surface area contributed by atoms with Crippen molar-refractivity contribution in [3.63, 3.8) is 0 Å². The van der Waals surface area contributed by atoms with Crippen LogP contribution in [0.4, 0.5) is 57.1 Å². The average Bonchev–Trinajstić information content (AvgIpc) is 2.89. The first-order valence-electron chi connectivity index (χ1n) is 12.2. The van der Waals surface area contributed by atoms with Gasteiger partial charge >= 0.3 is 35.8 Å². The second-order valence-corrected chi connectivity index (χ2v) is 10.7. The van der Waals surface area contributed by atoms with E-state index in [1.54, 1.807) is 36.7 Å². The number of alkyl halides is 13. The first-order chi connectivity index (χ1) is 18.6. The van der Waals surface area contributed by atoms with E-state index in [0.29, 0.717) is 17.3 Å². The minimum Gasteiger partial charge on any atom is -0.265 e. The summed E-state index contributed by atoms with van der Waals surface area (Å²) >= 11 is 0.523. The average molecular weight is 632 g/mol. The van der Waals surface area contributed by atoms with Crippen LogP contribution in [0.5, 0.6) is 0 Å². The molecular formula is C26H26F13NS. The van der Waals surface area contributed by atoms with Gasteiger partial charge in [-0.2, -0.15) is 68.8 Å². The minimum absolute atomic E-state index is 0.0936. The predicted octanol–water partition coefficient (Wildman–Crippen LogP) is 10.1. The molecule has 1 aromatic heterocycles. The summed E-state index contributed by atoms with van der Waals surface area (Å²) in [4.78, 5) is 3.99. The Hall–Kier alpha value is -2.19. The van der Waals surface area contributed by atoms with Crippen molar-refractivity contribution in [1.82, 2.24) is 4.98 Å². The van der Waals surface area contributed by atoms with E-state index in [1.165, 1.54) is 0 Å². The van der Waals surface area contributed by atoms with E-state index in [1.807, 2.05) is 26.0 Å². The number of thioether (sulfide) groups is 1. The molecule has 1 heterocycles. The molecule has 0 N–H and O–H groups in total. The first-order valence-corrected chi connectivity index (χ1v) is 13.3. The summed E-state index contributed by atoms with van der Waals surface area (Å²) in [7, 11) is 0. The molecule has 0 radical (unpaired) electrons. The van der Waals surface area contributed by atoms with Crippen molar-refractivity contribution in [1.29, 1.82) is 0 Å². The van der Waals surface area contributed by atoms with Crippen LogP contribution in [-0.2, 0) is 5.75 Å². The summed E-state index contributed by atoms with van der Waals surface area (Å²) in [6.07, 6.45) is -4.54. The molecule has 0 aliphatic heterocycles. The molecule has 0 aliphatic rings. The summed E-state index contributed by atoms with van der Waals surface area (Å²) in [5.41, 5.74) is 2.58. The Morgan fingerprint density at radius 1 is 0.683 bits per heavy atom. The standard InChI is InChI=1S/C26H26F13NS/c1-3-18(20-8-11-40-12-9-20)14-16(2)19-6-4-17(5-7-19)15-41-13-10-21(27,28)22(29,30)23(31,32)24(33,34)25(35,36)26(37,38)39/h4-9,11-12,16,18H,3,10,13-15H2,1-2H3. The number of halogens is 13. The van der Waals surface area contributed by atoms with Gasteiger partial charge in [0.05, 0.1) is 0 Å². The van der Waals surface area contributed by atoms with Gasteiger partial charge in [-0.05, 0) is 59.3 Å². The van der Waals surface area contributed by atoms with Gasteiger partial charge in [0.25, 0.3) is 0 Å². The molecule has 0 fully saturated rings. The highest BCUT2D eigenvalue weighted by atomic mass is 32.2. The van der Waals surface area contributed by atoms with Crippen molar-refractivity contribution in [3.05, 3.63) is 65.5 Å². The van der Waals surface area contributed by atoms with E-state index < -0.39 is 48.0 Å². The van der Waals surface area contributed by atoms with Crippen molar-refractivity contribution in [2.24, 2.45) is 0 Å². The highest BCUT2D eigenvalue weighted by Gasteiger charge is 2.90. The van der Waals surface area contributed by atoms with Crippen LogP contribution >= 0.6 is 11.8 Å². The highest BCUT2D eigenvalue weighted by Crippen LogP contribution is 2.60. The van der Waals surface area contributed by atoms with Crippen LogP contribution in [0, 0.1) is 0 Å². The molecule has 0 aliphatic carbocycles. The van der Waals surface area contributed by atoms with Crippen molar-refractivity contribution < 1.29 is 57.1 Å². The summed E-state index contributed by atoms with van der Waals surface area (Å²) < 4.78 is 172. The maximum absolute atomic E-state index is 13.9. The van der Waals surface area contributed by atoms with Gasteiger partial charge in [-0.1, -0.05) is 38.1 Å². The summed E-state index contributed by atoms with van der Waals surface area (Å²) in [6.45, 7) is 4.04. The predicted molar refractivity (Wildman–Crippen MR) is 128 cm³/mol. The fourth-order valence-corrected chi connectivity index (χ4v) is 5.00. The molecule has 2 unspecified atom stereocenters. The Labute approximate surface area is 231 Å². The molecule has 1 aromatic carbocycles. The van der Waals surface area contributed by atoms with E-state index in [0.717, 1.165) is 24.0 Å². The Kier molecular flexibility index (Phi) is 10.7. The van der Waals surface area contributed by atoms with Crippen molar-refractivity contribution in [2.45, 2.75) is 86.5 Å². The SMILES string of the molecule is CCC(CC(C)c1ccc(CSCCC(F)(F)C(F)(F)C(F)(F)C(F)(F)C(F)(F)C(F)(F)F)cc1)c1ccncc1. The zero-order valence-electron chi connectivity index (χ0n) is 21.6. The smallest absolute Gasteiger partial charge is 0.265 e. The number of hydrogen-bond acceptors (Lipinski definition) is 2. The number of aromatic nitrogens is 1. The van der Waals surface area contributed by atoms with Gasteiger partial charge in [0, 0.05) is 24.6 Å². The maximum atomic E-state index is 13.9. The molecule has 2 rings (SSSR count). The third-order valence-corrected chi connectivity index (χ3v) is 7.71. The molecule has 2 aromatic rings. The van der Waals surface area contributed by atoms with Gasteiger partial charge < -0.3 is 0 Å².